The molecule has 0 bridgehead atoms. The lowest BCUT2D eigenvalue weighted by atomic mass is 10.2. The molecule has 0 fully saturated rings. The van der Waals surface area contributed by atoms with Crippen LogP contribution in [0.15, 0.2) is 28.7 Å². The van der Waals surface area contributed by atoms with Crippen LogP contribution in [-0.2, 0) is 0 Å². The molecule has 0 saturated heterocycles. The average molecular weight is 352 g/mol. The van der Waals surface area contributed by atoms with Gasteiger partial charge in [-0.05, 0) is 18.2 Å². The summed E-state index contributed by atoms with van der Waals surface area (Å²) < 4.78 is 6.29. The first-order valence-corrected chi connectivity index (χ1v) is 7.29. The first-order chi connectivity index (χ1) is 10.0. The number of hydrogen-bond donors (Lipinski definition) is 3. The molecule has 0 unspecified atom stereocenters. The minimum atomic E-state index is 0.197. The van der Waals surface area contributed by atoms with Crippen LogP contribution in [0.3, 0.4) is 0 Å². The molecule has 0 atom stereocenters. The number of hydrazine groups is 1. The van der Waals surface area contributed by atoms with Crippen molar-refractivity contribution in [3.05, 3.63) is 34.6 Å². The first-order valence-electron chi connectivity index (χ1n) is 6.49. The average Bonchev–Trinajstić information content (AvgIpc) is 2.47. The molecule has 21 heavy (non-hydrogen) atoms. The molecule has 1 aromatic heterocycles. The zero-order chi connectivity index (χ0) is 15.4. The summed E-state index contributed by atoms with van der Waals surface area (Å²) in [5.74, 6) is 8.31. The molecule has 0 amide bonds. The number of nitrogens with two attached hydrogens (primary N) is 1. The fourth-order valence-corrected chi connectivity index (χ4v) is 2.14. The van der Waals surface area contributed by atoms with Crippen molar-refractivity contribution in [3.8, 4) is 5.75 Å². The summed E-state index contributed by atoms with van der Waals surface area (Å²) in [5, 5.41) is 3.23. The molecule has 112 valence electrons. The van der Waals surface area contributed by atoms with Crippen LogP contribution in [-0.4, -0.2) is 17.1 Å². The molecule has 2 aromatic rings. The van der Waals surface area contributed by atoms with Gasteiger partial charge >= 0.3 is 0 Å². The van der Waals surface area contributed by atoms with Crippen molar-refractivity contribution in [1.82, 2.24) is 9.97 Å². The van der Waals surface area contributed by atoms with Crippen LogP contribution in [0.5, 0.6) is 5.75 Å². The van der Waals surface area contributed by atoms with E-state index < -0.39 is 0 Å². The second kappa shape index (κ2) is 6.73. The highest BCUT2D eigenvalue weighted by Crippen LogP contribution is 2.30. The molecule has 1 aromatic carbocycles. The molecule has 2 rings (SSSR count). The highest BCUT2D eigenvalue weighted by Gasteiger charge is 2.10. The van der Waals surface area contributed by atoms with Crippen molar-refractivity contribution < 1.29 is 4.74 Å². The number of nitrogens with zero attached hydrogens (tertiary/aromatic N) is 2. The number of rotatable bonds is 5. The predicted molar refractivity (Wildman–Crippen MR) is 87.9 cm³/mol. The zero-order valence-corrected chi connectivity index (χ0v) is 13.7. The van der Waals surface area contributed by atoms with Crippen LogP contribution in [0.4, 0.5) is 17.3 Å². The maximum absolute atomic E-state index is 5.46. The van der Waals surface area contributed by atoms with Gasteiger partial charge in [0, 0.05) is 16.5 Å². The number of methoxy groups -OCH3 is 1. The minimum absolute atomic E-state index is 0.197. The molecule has 0 aliphatic carbocycles. The largest absolute Gasteiger partial charge is 0.495 e. The van der Waals surface area contributed by atoms with Gasteiger partial charge in [-0.15, -0.1) is 0 Å². The molecular weight excluding hydrogens is 334 g/mol. The summed E-state index contributed by atoms with van der Waals surface area (Å²) in [4.78, 5) is 8.82. The monoisotopic (exact) mass is 351 g/mol. The molecule has 6 nitrogen and oxygen atoms in total. The van der Waals surface area contributed by atoms with Crippen molar-refractivity contribution in [1.29, 1.82) is 0 Å². The topological polar surface area (TPSA) is 85.1 Å². The summed E-state index contributed by atoms with van der Waals surface area (Å²) in [5.41, 5.74) is 3.37. The molecular formula is C14H18BrN5O. The van der Waals surface area contributed by atoms with Crippen molar-refractivity contribution >= 4 is 33.3 Å². The Kier molecular flexibility index (Phi) is 4.98. The standard InChI is InChI=1S/C14H18BrN5O/c1-8(2)14-18-12(7-13(19-14)20-16)17-10-6-9(15)4-5-11(10)21-3/h4-8H,16H2,1-3H3,(H2,17,18,19,20). The third kappa shape index (κ3) is 3.83. The number of halogens is 1. The Balaban J connectivity index is 2.39. The van der Waals surface area contributed by atoms with Crippen LogP contribution in [0.2, 0.25) is 0 Å². The zero-order valence-electron chi connectivity index (χ0n) is 12.1. The first kappa shape index (κ1) is 15.5. The van der Waals surface area contributed by atoms with Gasteiger partial charge in [0.2, 0.25) is 0 Å². The molecule has 0 saturated carbocycles. The van der Waals surface area contributed by atoms with Crippen molar-refractivity contribution in [3.63, 3.8) is 0 Å². The SMILES string of the molecule is COc1ccc(Br)cc1Nc1cc(NN)nc(C(C)C)n1. The highest BCUT2D eigenvalue weighted by atomic mass is 79.9. The van der Waals surface area contributed by atoms with Gasteiger partial charge in [0.1, 0.15) is 23.2 Å². The van der Waals surface area contributed by atoms with Crippen LogP contribution in [0.25, 0.3) is 0 Å². The Hall–Kier alpha value is -1.86. The maximum atomic E-state index is 5.46. The Bertz CT molecular complexity index is 633. The van der Waals surface area contributed by atoms with Crippen molar-refractivity contribution in [2.45, 2.75) is 19.8 Å². The van der Waals surface area contributed by atoms with Gasteiger partial charge in [0.15, 0.2) is 0 Å². The van der Waals surface area contributed by atoms with Gasteiger partial charge in [0.25, 0.3) is 0 Å². The summed E-state index contributed by atoms with van der Waals surface area (Å²) >= 11 is 3.44. The number of nitrogen functional groups attached to an aromatic ring is 1. The van der Waals surface area contributed by atoms with Crippen LogP contribution < -0.4 is 21.3 Å². The van der Waals surface area contributed by atoms with Gasteiger partial charge in [-0.3, -0.25) is 0 Å². The molecule has 0 aliphatic heterocycles. The number of nitrogens with one attached hydrogen (secondary N) is 2. The molecule has 0 spiro atoms. The normalized spacial score (nSPS) is 10.6. The number of ether oxygens (including phenoxy) is 1. The molecule has 0 aliphatic rings. The second-order valence-corrected chi connectivity index (χ2v) is 5.68. The lowest BCUT2D eigenvalue weighted by Crippen LogP contribution is -2.12. The maximum Gasteiger partial charge on any atom is 0.145 e. The Labute approximate surface area is 132 Å². The second-order valence-electron chi connectivity index (χ2n) is 4.77. The lowest BCUT2D eigenvalue weighted by Gasteiger charge is -2.13. The van der Waals surface area contributed by atoms with E-state index in [4.69, 9.17) is 10.6 Å². The van der Waals surface area contributed by atoms with E-state index in [-0.39, 0.29) is 5.92 Å². The fourth-order valence-electron chi connectivity index (χ4n) is 1.78. The molecule has 0 radical (unpaired) electrons. The third-order valence-corrected chi connectivity index (χ3v) is 3.33. The van der Waals surface area contributed by atoms with E-state index in [9.17, 15) is 0 Å². The summed E-state index contributed by atoms with van der Waals surface area (Å²) in [7, 11) is 1.63. The molecule has 4 N–H and O–H groups in total. The minimum Gasteiger partial charge on any atom is -0.495 e. The van der Waals surface area contributed by atoms with E-state index in [0.29, 0.717) is 17.5 Å². The smallest absolute Gasteiger partial charge is 0.145 e. The fraction of sp³-hybridized carbons (Fsp3) is 0.286. The van der Waals surface area contributed by atoms with E-state index in [1.807, 2.05) is 32.0 Å². The van der Waals surface area contributed by atoms with Crippen LogP contribution in [0, 0.1) is 0 Å². The van der Waals surface area contributed by atoms with Gasteiger partial charge in [-0.1, -0.05) is 29.8 Å². The van der Waals surface area contributed by atoms with Gasteiger partial charge in [-0.2, -0.15) is 0 Å². The molecule has 7 heteroatoms. The predicted octanol–water partition coefficient (Wildman–Crippen LogP) is 3.40. The number of anilines is 3. The summed E-state index contributed by atoms with van der Waals surface area (Å²) in [6.07, 6.45) is 0. The van der Waals surface area contributed by atoms with E-state index in [1.165, 1.54) is 0 Å². The van der Waals surface area contributed by atoms with E-state index in [1.54, 1.807) is 13.2 Å². The number of aromatic nitrogens is 2. The van der Waals surface area contributed by atoms with Crippen LogP contribution >= 0.6 is 15.9 Å². The Morgan fingerprint density at radius 2 is 1.90 bits per heavy atom. The summed E-state index contributed by atoms with van der Waals surface area (Å²) in [6.45, 7) is 4.05. The summed E-state index contributed by atoms with van der Waals surface area (Å²) in [6, 6.07) is 7.45. The van der Waals surface area contributed by atoms with E-state index >= 15 is 0 Å². The van der Waals surface area contributed by atoms with Gasteiger partial charge in [0.05, 0.1) is 12.8 Å². The highest BCUT2D eigenvalue weighted by molar-refractivity contribution is 9.10. The number of benzene rings is 1. The molecule has 1 heterocycles. The third-order valence-electron chi connectivity index (χ3n) is 2.83. The van der Waals surface area contributed by atoms with Crippen molar-refractivity contribution in [2.75, 3.05) is 17.9 Å². The Morgan fingerprint density at radius 1 is 1.19 bits per heavy atom. The van der Waals surface area contributed by atoms with E-state index in [0.717, 1.165) is 15.9 Å². The Morgan fingerprint density at radius 3 is 2.52 bits per heavy atom. The van der Waals surface area contributed by atoms with Gasteiger partial charge in [-0.25, -0.2) is 15.8 Å². The quantitative estimate of drug-likeness (QED) is 0.565. The van der Waals surface area contributed by atoms with Crippen molar-refractivity contribution in [2.24, 2.45) is 5.84 Å². The van der Waals surface area contributed by atoms with Gasteiger partial charge < -0.3 is 15.5 Å². The van der Waals surface area contributed by atoms with E-state index in [2.05, 4.69) is 36.6 Å². The number of hydrogen-bond acceptors (Lipinski definition) is 6. The lowest BCUT2D eigenvalue weighted by molar-refractivity contribution is 0.416. The van der Waals surface area contributed by atoms with Crippen LogP contribution in [0.1, 0.15) is 25.6 Å².